The van der Waals surface area contributed by atoms with Crippen LogP contribution in [0.3, 0.4) is 0 Å². The van der Waals surface area contributed by atoms with Crippen LogP contribution in [0.25, 0.3) is 0 Å². The lowest BCUT2D eigenvalue weighted by Crippen LogP contribution is -2.67. The number of fused-ring (bicyclic) bond motifs is 1. The predicted molar refractivity (Wildman–Crippen MR) is 216 cm³/mol. The van der Waals surface area contributed by atoms with Crippen molar-refractivity contribution in [2.45, 2.75) is 94.1 Å². The molecule has 0 radical (unpaired) electrons. The largest absolute Gasteiger partial charge is 0.385 e. The Morgan fingerprint density at radius 3 is 1.56 bits per heavy atom. The minimum atomic E-state index is -1.31. The number of hydrogen-bond donors (Lipinski definition) is 1. The maximum atomic E-state index is 12.4. The molecule has 11 nitrogen and oxygen atoms in total. The Kier molecular flexibility index (Phi) is 14.6. The summed E-state index contributed by atoms with van der Waals surface area (Å²) in [6.07, 6.45) is -9.43. The second-order valence-corrected chi connectivity index (χ2v) is 14.9. The summed E-state index contributed by atoms with van der Waals surface area (Å²) in [5.41, 5.74) is 4.72. The molecule has 5 aromatic carbocycles. The molecule has 0 spiro atoms. The van der Waals surface area contributed by atoms with E-state index < -0.39 is 67.7 Å². The first-order valence-electron chi connectivity index (χ1n) is 20.2. The topological polar surface area (TPSA) is 113 Å². The van der Waals surface area contributed by atoms with Gasteiger partial charge in [-0.05, 0) is 22.3 Å². The lowest BCUT2D eigenvalue weighted by atomic mass is 9.95. The van der Waals surface area contributed by atoms with E-state index in [0.29, 0.717) is 6.61 Å². The van der Waals surface area contributed by atoms with E-state index in [2.05, 4.69) is 0 Å². The molecule has 0 bridgehead atoms. The molecule has 8 rings (SSSR count). The minimum absolute atomic E-state index is 0.126. The molecule has 11 heteroatoms. The molecule has 1 N–H and O–H groups in total. The predicted octanol–water partition coefficient (Wildman–Crippen LogP) is 6.92. The Bertz CT molecular complexity index is 1940. The second kappa shape index (κ2) is 20.8. The lowest BCUT2D eigenvalue weighted by Gasteiger charge is -2.51. The fourth-order valence-electron chi connectivity index (χ4n) is 7.70. The summed E-state index contributed by atoms with van der Waals surface area (Å²) in [5.74, 6) is 0. The molecule has 3 saturated heterocycles. The highest BCUT2D eigenvalue weighted by molar-refractivity contribution is 5.18. The van der Waals surface area contributed by atoms with Gasteiger partial charge in [-0.25, -0.2) is 0 Å². The maximum Gasteiger partial charge on any atom is 0.187 e. The lowest BCUT2D eigenvalue weighted by molar-refractivity contribution is -0.397. The van der Waals surface area contributed by atoms with E-state index >= 15 is 0 Å². The first kappa shape index (κ1) is 41.4. The molecular formula is C48H52O11. The number of benzene rings is 5. The van der Waals surface area contributed by atoms with Crippen molar-refractivity contribution in [1.29, 1.82) is 0 Å². The molecule has 3 heterocycles. The zero-order valence-electron chi connectivity index (χ0n) is 33.1. The molecular weight excluding hydrogens is 753 g/mol. The third-order valence-corrected chi connectivity index (χ3v) is 10.7. The van der Waals surface area contributed by atoms with Gasteiger partial charge in [-0.2, -0.15) is 0 Å². The van der Waals surface area contributed by atoms with Crippen molar-refractivity contribution < 1.29 is 52.5 Å². The Morgan fingerprint density at radius 1 is 0.525 bits per heavy atom. The summed E-state index contributed by atoms with van der Waals surface area (Å²) in [4.78, 5) is 0. The van der Waals surface area contributed by atoms with Crippen LogP contribution < -0.4 is 0 Å². The molecule has 3 aliphatic heterocycles. The van der Waals surface area contributed by atoms with Crippen molar-refractivity contribution in [3.63, 3.8) is 0 Å². The van der Waals surface area contributed by atoms with E-state index in [-0.39, 0.29) is 33.0 Å². The first-order valence-corrected chi connectivity index (χ1v) is 20.2. The Labute approximate surface area is 345 Å². The highest BCUT2D eigenvalue weighted by atomic mass is 16.8. The van der Waals surface area contributed by atoms with Gasteiger partial charge in [-0.3, -0.25) is 0 Å². The van der Waals surface area contributed by atoms with E-state index in [1.807, 2.05) is 152 Å². The summed E-state index contributed by atoms with van der Waals surface area (Å²) in [7, 11) is 1.56. The Morgan fingerprint density at radius 2 is 1.02 bits per heavy atom. The number of methoxy groups -OCH3 is 1. The van der Waals surface area contributed by atoms with E-state index in [9.17, 15) is 5.11 Å². The van der Waals surface area contributed by atoms with Gasteiger partial charge < -0.3 is 52.5 Å². The van der Waals surface area contributed by atoms with Gasteiger partial charge in [-0.1, -0.05) is 152 Å². The van der Waals surface area contributed by atoms with Gasteiger partial charge in [-0.15, -0.1) is 0 Å². The van der Waals surface area contributed by atoms with Gasteiger partial charge in [0.25, 0.3) is 0 Å². The minimum Gasteiger partial charge on any atom is -0.385 e. The third-order valence-electron chi connectivity index (χ3n) is 10.7. The normalized spacial score (nSPS) is 29.4. The summed E-state index contributed by atoms with van der Waals surface area (Å²) in [6, 6.07) is 49.2. The van der Waals surface area contributed by atoms with Crippen LogP contribution in [0.5, 0.6) is 0 Å². The van der Waals surface area contributed by atoms with Crippen LogP contribution in [0.1, 0.15) is 34.1 Å². The molecule has 11 atom stereocenters. The molecule has 310 valence electrons. The van der Waals surface area contributed by atoms with Crippen LogP contribution in [0, 0.1) is 0 Å². The second-order valence-electron chi connectivity index (χ2n) is 14.9. The standard InChI is InChI=1S/C48H52O11/c1-50-48-45(54-30-36-23-13-5-14-24-36)44(42-39(57-48)32-55-46(58-42)37-25-15-6-16-26-37)59-47-40(49)43(53-29-35-21-11-4-12-22-35)41(52-28-34-19-9-3-10-20-34)38(56-47)31-51-27-33-17-7-2-8-18-33/h2-26,38-49H,27-32H2,1H3/t38-,39-,40+,41-,42+,43-,44+,45-,46?,47+,48+/m1/s1. The van der Waals surface area contributed by atoms with Crippen molar-refractivity contribution >= 4 is 0 Å². The third kappa shape index (κ3) is 10.7. The van der Waals surface area contributed by atoms with Crippen molar-refractivity contribution in [2.24, 2.45) is 0 Å². The van der Waals surface area contributed by atoms with Crippen molar-refractivity contribution in [1.82, 2.24) is 0 Å². The van der Waals surface area contributed by atoms with Gasteiger partial charge in [0.05, 0.1) is 39.6 Å². The smallest absolute Gasteiger partial charge is 0.187 e. The average molecular weight is 805 g/mol. The molecule has 3 fully saturated rings. The molecule has 1 unspecified atom stereocenters. The maximum absolute atomic E-state index is 12.4. The fraction of sp³-hybridized carbons (Fsp3) is 0.375. The van der Waals surface area contributed by atoms with E-state index in [1.54, 1.807) is 7.11 Å². The fourth-order valence-corrected chi connectivity index (χ4v) is 7.70. The first-order chi connectivity index (χ1) is 29.1. The average Bonchev–Trinajstić information content (AvgIpc) is 3.30. The van der Waals surface area contributed by atoms with Gasteiger partial charge in [0.2, 0.25) is 0 Å². The molecule has 0 aliphatic carbocycles. The Balaban J connectivity index is 1.11. The van der Waals surface area contributed by atoms with Crippen LogP contribution in [0.4, 0.5) is 0 Å². The quantitative estimate of drug-likeness (QED) is 0.106. The number of aliphatic hydroxyl groups is 1. The van der Waals surface area contributed by atoms with E-state index in [1.165, 1.54) is 0 Å². The van der Waals surface area contributed by atoms with Crippen molar-refractivity contribution in [3.8, 4) is 0 Å². The summed E-state index contributed by atoms with van der Waals surface area (Å²) in [6.45, 7) is 1.40. The molecule has 5 aromatic rings. The van der Waals surface area contributed by atoms with Crippen LogP contribution in [0.2, 0.25) is 0 Å². The summed E-state index contributed by atoms with van der Waals surface area (Å²) in [5, 5.41) is 12.4. The van der Waals surface area contributed by atoms with Crippen LogP contribution in [-0.2, 0) is 73.8 Å². The summed E-state index contributed by atoms with van der Waals surface area (Å²) >= 11 is 0. The zero-order valence-corrected chi connectivity index (χ0v) is 33.1. The zero-order chi connectivity index (χ0) is 40.2. The Hall–Kier alpha value is -4.34. The number of aliphatic hydroxyl groups excluding tert-OH is 1. The molecule has 0 amide bonds. The number of hydrogen-bond acceptors (Lipinski definition) is 11. The molecule has 0 aromatic heterocycles. The van der Waals surface area contributed by atoms with Crippen molar-refractivity contribution in [3.05, 3.63) is 179 Å². The number of ether oxygens (including phenoxy) is 10. The SMILES string of the molecule is CO[C@H]1O[C@@H]2COC(c3ccccc3)O[C@@H]2[C@H](O[C@@H]2O[C@H](COCc3ccccc3)[C@@H](OCc3ccccc3)[C@H](OCc3ccccc3)[C@@H]2O)[C@H]1OCc1ccccc1. The van der Waals surface area contributed by atoms with Gasteiger partial charge in [0.1, 0.15) is 48.8 Å². The van der Waals surface area contributed by atoms with Gasteiger partial charge in [0.15, 0.2) is 18.9 Å². The van der Waals surface area contributed by atoms with Crippen molar-refractivity contribution in [2.75, 3.05) is 20.3 Å². The number of rotatable bonds is 17. The molecule has 59 heavy (non-hydrogen) atoms. The monoisotopic (exact) mass is 804 g/mol. The van der Waals surface area contributed by atoms with Gasteiger partial charge >= 0.3 is 0 Å². The highest BCUT2D eigenvalue weighted by Gasteiger charge is 2.55. The van der Waals surface area contributed by atoms with Crippen LogP contribution in [0.15, 0.2) is 152 Å². The van der Waals surface area contributed by atoms with E-state index in [4.69, 9.17) is 47.4 Å². The molecule has 0 saturated carbocycles. The van der Waals surface area contributed by atoms with Gasteiger partial charge in [0, 0.05) is 12.7 Å². The molecule has 3 aliphatic rings. The summed E-state index contributed by atoms with van der Waals surface area (Å²) < 4.78 is 65.2. The van der Waals surface area contributed by atoms with Crippen LogP contribution >= 0.6 is 0 Å². The van der Waals surface area contributed by atoms with Crippen LogP contribution in [-0.4, -0.2) is 86.8 Å². The van der Waals surface area contributed by atoms with E-state index in [0.717, 1.165) is 27.8 Å². The highest BCUT2D eigenvalue weighted by Crippen LogP contribution is 2.39.